The monoisotopic (exact) mass is 447 g/mol. The third-order valence-corrected chi connectivity index (χ3v) is 5.41. The Labute approximate surface area is 161 Å². The maximum atomic E-state index is 13.6. The van der Waals surface area contributed by atoms with E-state index >= 15 is 0 Å². The van der Waals surface area contributed by atoms with E-state index < -0.39 is 39.5 Å². The fourth-order valence-corrected chi connectivity index (χ4v) is 3.34. The van der Waals surface area contributed by atoms with Crippen molar-refractivity contribution < 1.29 is 35.5 Å². The van der Waals surface area contributed by atoms with Crippen molar-refractivity contribution in [2.24, 2.45) is 0 Å². The number of benzene rings is 1. The van der Waals surface area contributed by atoms with E-state index in [-0.39, 0.29) is 11.3 Å². The second-order valence-corrected chi connectivity index (χ2v) is 7.52. The molecule has 0 radical (unpaired) electrons. The number of rotatable bonds is 5. The quantitative estimate of drug-likeness (QED) is 0.645. The van der Waals surface area contributed by atoms with Crippen LogP contribution in [0.5, 0.6) is 0 Å². The van der Waals surface area contributed by atoms with Crippen LogP contribution in [0.2, 0.25) is 5.02 Å². The van der Waals surface area contributed by atoms with Crippen LogP contribution < -0.4 is 5.32 Å². The third kappa shape index (κ3) is 3.32. The standard InChI is InChI=1S/C15H9ClF7N3OS/c16-8-3-1-7(2-4-8)12(5-6-12)9(27)24-11-26-25-10(28-11)13(17,18)14(19,20)15(21,22)23/h1-4H,5-6H2,(H,24,26,27). The van der Waals surface area contributed by atoms with E-state index in [0.717, 1.165) is 0 Å². The molecule has 0 aliphatic heterocycles. The minimum Gasteiger partial charge on any atom is -0.300 e. The maximum absolute atomic E-state index is 13.6. The van der Waals surface area contributed by atoms with Crippen molar-refractivity contribution in [1.82, 2.24) is 10.2 Å². The summed E-state index contributed by atoms with van der Waals surface area (Å²) < 4.78 is 90.2. The molecule has 1 saturated carbocycles. The van der Waals surface area contributed by atoms with Crippen LogP contribution in [0.25, 0.3) is 0 Å². The number of anilines is 1. The molecule has 1 aliphatic rings. The van der Waals surface area contributed by atoms with Crippen LogP contribution in [0.15, 0.2) is 24.3 Å². The molecular formula is C15H9ClF7N3OS. The minimum atomic E-state index is -6.49. The molecule has 1 amide bonds. The highest BCUT2D eigenvalue weighted by molar-refractivity contribution is 7.15. The summed E-state index contributed by atoms with van der Waals surface area (Å²) in [4.78, 5) is 12.5. The van der Waals surface area contributed by atoms with Crippen molar-refractivity contribution in [3.05, 3.63) is 39.9 Å². The van der Waals surface area contributed by atoms with Gasteiger partial charge in [-0.3, -0.25) is 10.1 Å². The van der Waals surface area contributed by atoms with Crippen LogP contribution in [-0.4, -0.2) is 28.2 Å². The van der Waals surface area contributed by atoms with Crippen molar-refractivity contribution in [2.45, 2.75) is 36.3 Å². The molecule has 3 rings (SSSR count). The Balaban J connectivity index is 1.80. The molecule has 1 fully saturated rings. The molecule has 1 aromatic heterocycles. The van der Waals surface area contributed by atoms with Crippen molar-refractivity contribution >= 4 is 34.0 Å². The molecule has 0 unspecified atom stereocenters. The molecule has 0 bridgehead atoms. The highest BCUT2D eigenvalue weighted by Crippen LogP contribution is 2.53. The van der Waals surface area contributed by atoms with Gasteiger partial charge in [0.2, 0.25) is 11.0 Å². The maximum Gasteiger partial charge on any atom is 0.460 e. The molecule has 1 heterocycles. The van der Waals surface area contributed by atoms with E-state index in [1.165, 1.54) is 0 Å². The van der Waals surface area contributed by atoms with Crippen molar-refractivity contribution in [3.8, 4) is 0 Å². The number of hydrogen-bond donors (Lipinski definition) is 1. The van der Waals surface area contributed by atoms with Gasteiger partial charge >= 0.3 is 18.0 Å². The molecule has 152 valence electrons. The van der Waals surface area contributed by atoms with Crippen LogP contribution in [0.4, 0.5) is 35.9 Å². The molecule has 0 atom stereocenters. The molecule has 13 heteroatoms. The average molecular weight is 448 g/mol. The molecule has 1 N–H and O–H groups in total. The number of alkyl halides is 7. The van der Waals surface area contributed by atoms with Gasteiger partial charge < -0.3 is 0 Å². The summed E-state index contributed by atoms with van der Waals surface area (Å²) in [6, 6.07) is 6.29. The van der Waals surface area contributed by atoms with Crippen molar-refractivity contribution in [3.63, 3.8) is 0 Å². The molecule has 28 heavy (non-hydrogen) atoms. The highest BCUT2D eigenvalue weighted by Gasteiger charge is 2.75. The fourth-order valence-electron chi connectivity index (χ4n) is 2.47. The molecule has 4 nitrogen and oxygen atoms in total. The van der Waals surface area contributed by atoms with Gasteiger partial charge in [-0.1, -0.05) is 35.1 Å². The number of aromatic nitrogens is 2. The van der Waals surface area contributed by atoms with Gasteiger partial charge in [-0.2, -0.15) is 30.7 Å². The SMILES string of the molecule is O=C(Nc1nnc(C(F)(F)C(F)(F)C(F)(F)F)s1)C1(c2ccc(Cl)cc2)CC1. The summed E-state index contributed by atoms with van der Waals surface area (Å²) in [6.07, 6.45) is -5.64. The van der Waals surface area contributed by atoms with Crippen molar-refractivity contribution in [1.29, 1.82) is 0 Å². The van der Waals surface area contributed by atoms with Crippen LogP contribution >= 0.6 is 22.9 Å². The van der Waals surface area contributed by atoms with E-state index in [9.17, 15) is 35.5 Å². The van der Waals surface area contributed by atoms with E-state index in [1.54, 1.807) is 24.3 Å². The van der Waals surface area contributed by atoms with E-state index in [0.29, 0.717) is 23.4 Å². The fraction of sp³-hybridized carbons (Fsp3) is 0.400. The lowest BCUT2D eigenvalue weighted by atomic mass is 9.95. The Morgan fingerprint density at radius 2 is 1.61 bits per heavy atom. The summed E-state index contributed by atoms with van der Waals surface area (Å²) in [7, 11) is 0. The largest absolute Gasteiger partial charge is 0.460 e. The first kappa shape index (κ1) is 20.8. The van der Waals surface area contributed by atoms with Gasteiger partial charge in [0.05, 0.1) is 5.41 Å². The Hall–Kier alpha value is -1.95. The van der Waals surface area contributed by atoms with E-state index in [4.69, 9.17) is 11.6 Å². The Morgan fingerprint density at radius 1 is 1.04 bits per heavy atom. The molecule has 0 saturated heterocycles. The lowest BCUT2D eigenvalue weighted by molar-refractivity contribution is -0.359. The first-order valence-electron chi connectivity index (χ1n) is 7.55. The normalized spacial score (nSPS) is 16.7. The third-order valence-electron chi connectivity index (χ3n) is 4.25. The number of amides is 1. The minimum absolute atomic E-state index is 0.253. The number of carbonyl (C=O) groups is 1. The summed E-state index contributed by atoms with van der Waals surface area (Å²) in [5, 5.41) is 5.93. The molecule has 0 spiro atoms. The predicted molar refractivity (Wildman–Crippen MR) is 85.8 cm³/mol. The molecule has 2 aromatic rings. The zero-order valence-electron chi connectivity index (χ0n) is 13.5. The zero-order chi connectivity index (χ0) is 21.0. The van der Waals surface area contributed by atoms with Crippen LogP contribution in [0.1, 0.15) is 23.4 Å². The summed E-state index contributed by atoms with van der Waals surface area (Å²) >= 11 is 5.52. The first-order valence-corrected chi connectivity index (χ1v) is 8.74. The number of nitrogens with zero attached hydrogens (tertiary/aromatic N) is 2. The topological polar surface area (TPSA) is 54.9 Å². The molecule has 1 aromatic carbocycles. The average Bonchev–Trinajstić information content (AvgIpc) is 3.27. The molecular weight excluding hydrogens is 439 g/mol. The van der Waals surface area contributed by atoms with E-state index in [1.807, 2.05) is 0 Å². The van der Waals surface area contributed by atoms with Gasteiger partial charge in [0.15, 0.2) is 5.01 Å². The highest BCUT2D eigenvalue weighted by atomic mass is 35.5. The van der Waals surface area contributed by atoms with Gasteiger partial charge in [-0.25, -0.2) is 0 Å². The van der Waals surface area contributed by atoms with Gasteiger partial charge in [-0.15, -0.1) is 10.2 Å². The number of halogens is 8. The van der Waals surface area contributed by atoms with Crippen LogP contribution in [-0.2, 0) is 16.1 Å². The smallest absolute Gasteiger partial charge is 0.300 e. The van der Waals surface area contributed by atoms with Crippen LogP contribution in [0, 0.1) is 0 Å². The first-order chi connectivity index (χ1) is 12.8. The van der Waals surface area contributed by atoms with Crippen molar-refractivity contribution in [2.75, 3.05) is 5.32 Å². The van der Waals surface area contributed by atoms with Gasteiger partial charge in [-0.05, 0) is 30.5 Å². The van der Waals surface area contributed by atoms with Gasteiger partial charge in [0, 0.05) is 5.02 Å². The second-order valence-electron chi connectivity index (χ2n) is 6.10. The van der Waals surface area contributed by atoms with Crippen LogP contribution in [0.3, 0.4) is 0 Å². The zero-order valence-corrected chi connectivity index (χ0v) is 15.0. The lowest BCUT2D eigenvalue weighted by Gasteiger charge is -2.25. The van der Waals surface area contributed by atoms with Gasteiger partial charge in [0.25, 0.3) is 0 Å². The molecule has 1 aliphatic carbocycles. The van der Waals surface area contributed by atoms with E-state index in [2.05, 4.69) is 15.5 Å². The number of nitrogens with one attached hydrogen (secondary N) is 1. The predicted octanol–water partition coefficient (Wildman–Crippen LogP) is 5.15. The summed E-state index contributed by atoms with van der Waals surface area (Å²) in [5.41, 5.74) is -0.387. The second kappa shape index (κ2) is 6.55. The number of carbonyl (C=O) groups excluding carboxylic acids is 1. The van der Waals surface area contributed by atoms with Gasteiger partial charge in [0.1, 0.15) is 0 Å². The Kier molecular flexibility index (Phi) is 4.86. The Bertz CT molecular complexity index is 894. The Morgan fingerprint density at radius 3 is 2.11 bits per heavy atom. The number of hydrogen-bond acceptors (Lipinski definition) is 4. The lowest BCUT2D eigenvalue weighted by Crippen LogP contribution is -2.50. The summed E-state index contributed by atoms with van der Waals surface area (Å²) in [6.45, 7) is 0. The summed E-state index contributed by atoms with van der Waals surface area (Å²) in [5.74, 6) is -12.6.